The Morgan fingerprint density at radius 1 is 1.14 bits per heavy atom. The van der Waals surface area contributed by atoms with Gasteiger partial charge in [-0.15, -0.1) is 0 Å². The number of aromatic nitrogens is 6. The molecule has 2 saturated heterocycles. The van der Waals surface area contributed by atoms with Gasteiger partial charge in [-0.3, -0.25) is 23.7 Å². The molecule has 5 heterocycles. The Morgan fingerprint density at radius 3 is 2.56 bits per heavy atom. The third-order valence-electron chi connectivity index (χ3n) is 10.2. The van der Waals surface area contributed by atoms with Crippen LogP contribution in [0.2, 0.25) is 0 Å². The van der Waals surface area contributed by atoms with Gasteiger partial charge in [-0.1, -0.05) is 31.8 Å². The van der Waals surface area contributed by atoms with Gasteiger partial charge in [-0.05, 0) is 37.7 Å². The first kappa shape index (κ1) is 27.8. The Hall–Kier alpha value is -4.03. The second-order valence-corrected chi connectivity index (χ2v) is 13.7. The van der Waals surface area contributed by atoms with Crippen molar-refractivity contribution in [3.8, 4) is 0 Å². The summed E-state index contributed by atoms with van der Waals surface area (Å²) in [5.41, 5.74) is 1.07. The second kappa shape index (κ2) is 10.0. The van der Waals surface area contributed by atoms with Crippen molar-refractivity contribution in [2.24, 2.45) is 16.7 Å². The van der Waals surface area contributed by atoms with Crippen LogP contribution in [0.15, 0.2) is 29.2 Å². The lowest BCUT2D eigenvalue weighted by Crippen LogP contribution is -2.62. The van der Waals surface area contributed by atoms with E-state index < -0.39 is 11.4 Å². The average molecular weight is 591 g/mol. The maximum absolute atomic E-state index is 13.5. The van der Waals surface area contributed by atoms with E-state index in [4.69, 9.17) is 19.7 Å². The van der Waals surface area contributed by atoms with Crippen molar-refractivity contribution in [2.45, 2.75) is 77.3 Å². The zero-order valence-electron chi connectivity index (χ0n) is 24.8. The summed E-state index contributed by atoms with van der Waals surface area (Å²) < 4.78 is 8.90. The van der Waals surface area contributed by atoms with E-state index in [0.29, 0.717) is 49.4 Å². The van der Waals surface area contributed by atoms with Crippen LogP contribution in [0.4, 0.5) is 0 Å². The monoisotopic (exact) mass is 590 g/mol. The molecule has 13 heteroatoms. The fourth-order valence-corrected chi connectivity index (χ4v) is 7.34. The van der Waals surface area contributed by atoms with E-state index in [2.05, 4.69) is 30.2 Å². The fraction of sp³-hybridized carbons (Fsp3) is 0.633. The zero-order chi connectivity index (χ0) is 30.1. The standard InChI is InChI=1S/C30H38N8O5/c1-18(38-9-8-23(33-38)19-6-4-5-7-19)26-32-25(34-43-26)22-13-35(27(41)20-11-31-37(12-20)14-24(39)40)15-30(22)16-36(17-30)28(42)21-10-29(21,2)3/h8-9,11-12,18-19,21-22H,4-7,10,13-17H2,1-3H3,(H,39,40)/t18?,21-,22?/m1/s1. The Morgan fingerprint density at radius 2 is 1.86 bits per heavy atom. The molecule has 3 aromatic heterocycles. The molecule has 3 atom stereocenters. The second-order valence-electron chi connectivity index (χ2n) is 13.7. The van der Waals surface area contributed by atoms with Crippen LogP contribution in [0.3, 0.4) is 0 Å². The highest BCUT2D eigenvalue weighted by molar-refractivity contribution is 5.94. The first-order valence-electron chi connectivity index (χ1n) is 15.2. The minimum Gasteiger partial charge on any atom is -0.480 e. The molecule has 0 aromatic carbocycles. The molecule has 2 unspecified atom stereocenters. The molecular weight excluding hydrogens is 552 g/mol. The molecule has 4 fully saturated rings. The molecule has 2 saturated carbocycles. The van der Waals surface area contributed by atoms with Gasteiger partial charge in [0.25, 0.3) is 11.8 Å². The SMILES string of the molecule is CC(c1nc(C2CN(C(=O)c3cnn(CC(=O)O)c3)CC23CN(C(=O)[C@H]2CC2(C)C)C3)no1)n1ccc(C2CCCC2)n1. The van der Waals surface area contributed by atoms with Crippen LogP contribution in [0.5, 0.6) is 0 Å². The minimum absolute atomic E-state index is 0.0376. The molecule has 0 bridgehead atoms. The summed E-state index contributed by atoms with van der Waals surface area (Å²) in [6.07, 6.45) is 10.6. The number of carbonyl (C=O) groups excluding carboxylic acids is 2. The van der Waals surface area contributed by atoms with Crippen molar-refractivity contribution in [3.63, 3.8) is 0 Å². The van der Waals surface area contributed by atoms with Crippen LogP contribution in [0.1, 0.15) is 98.5 Å². The number of carbonyl (C=O) groups is 3. The fourth-order valence-electron chi connectivity index (χ4n) is 7.34. The predicted molar refractivity (Wildman–Crippen MR) is 151 cm³/mol. The molecule has 4 aliphatic rings. The van der Waals surface area contributed by atoms with E-state index in [1.54, 1.807) is 4.90 Å². The number of likely N-dealkylation sites (tertiary alicyclic amines) is 2. The van der Waals surface area contributed by atoms with Gasteiger partial charge >= 0.3 is 5.97 Å². The highest BCUT2D eigenvalue weighted by Crippen LogP contribution is 2.55. The first-order valence-corrected chi connectivity index (χ1v) is 15.2. The first-order chi connectivity index (χ1) is 20.5. The third-order valence-corrected chi connectivity index (χ3v) is 10.2. The number of rotatable bonds is 8. The van der Waals surface area contributed by atoms with Crippen molar-refractivity contribution < 1.29 is 24.0 Å². The van der Waals surface area contributed by atoms with Crippen molar-refractivity contribution in [1.82, 2.24) is 39.5 Å². The van der Waals surface area contributed by atoms with Gasteiger partial charge in [0.2, 0.25) is 5.91 Å². The number of nitrogens with zero attached hydrogens (tertiary/aromatic N) is 8. The zero-order valence-corrected chi connectivity index (χ0v) is 24.8. The molecule has 1 spiro atoms. The number of hydrogen-bond donors (Lipinski definition) is 1. The summed E-state index contributed by atoms with van der Waals surface area (Å²) in [5, 5.41) is 22.4. The Balaban J connectivity index is 1.11. The predicted octanol–water partition coefficient (Wildman–Crippen LogP) is 2.93. The van der Waals surface area contributed by atoms with E-state index in [1.807, 2.05) is 22.7 Å². The topological polar surface area (TPSA) is 152 Å². The minimum atomic E-state index is -1.03. The van der Waals surface area contributed by atoms with Gasteiger partial charge in [0, 0.05) is 55.8 Å². The van der Waals surface area contributed by atoms with Crippen molar-refractivity contribution in [3.05, 3.63) is 47.6 Å². The van der Waals surface area contributed by atoms with Crippen LogP contribution >= 0.6 is 0 Å². The molecule has 2 aliphatic carbocycles. The molecule has 13 nitrogen and oxygen atoms in total. The van der Waals surface area contributed by atoms with E-state index in [9.17, 15) is 14.4 Å². The maximum Gasteiger partial charge on any atom is 0.325 e. The Labute approximate surface area is 249 Å². The van der Waals surface area contributed by atoms with Gasteiger partial charge in [-0.2, -0.15) is 15.2 Å². The summed E-state index contributed by atoms with van der Waals surface area (Å²) >= 11 is 0. The Bertz CT molecular complexity index is 1560. The molecule has 228 valence electrons. The van der Waals surface area contributed by atoms with Crippen LogP contribution in [-0.2, 0) is 16.1 Å². The van der Waals surface area contributed by atoms with E-state index >= 15 is 0 Å². The van der Waals surface area contributed by atoms with E-state index in [1.165, 1.54) is 42.8 Å². The van der Waals surface area contributed by atoms with Crippen LogP contribution in [0.25, 0.3) is 0 Å². The number of carboxylic acids is 1. The maximum atomic E-state index is 13.5. The molecule has 43 heavy (non-hydrogen) atoms. The summed E-state index contributed by atoms with van der Waals surface area (Å²) in [6, 6.07) is 1.84. The Kier molecular flexibility index (Phi) is 6.47. The molecule has 1 N–H and O–H groups in total. The molecule has 2 aliphatic heterocycles. The van der Waals surface area contributed by atoms with Gasteiger partial charge in [0.1, 0.15) is 12.6 Å². The van der Waals surface area contributed by atoms with Crippen molar-refractivity contribution >= 4 is 17.8 Å². The number of carboxylic acid groups (broad SMARTS) is 1. The smallest absolute Gasteiger partial charge is 0.325 e. The summed E-state index contributed by atoms with van der Waals surface area (Å²) in [5.74, 6) is 0.218. The van der Waals surface area contributed by atoms with Gasteiger partial charge in [-0.25, -0.2) is 0 Å². The van der Waals surface area contributed by atoms with E-state index in [-0.39, 0.29) is 41.7 Å². The summed E-state index contributed by atoms with van der Waals surface area (Å²) in [6.45, 7) is 7.74. The number of aliphatic carboxylic acids is 1. The highest BCUT2D eigenvalue weighted by atomic mass is 16.5. The lowest BCUT2D eigenvalue weighted by atomic mass is 9.71. The van der Waals surface area contributed by atoms with Crippen molar-refractivity contribution in [1.29, 1.82) is 0 Å². The molecule has 2 amide bonds. The average Bonchev–Trinajstić information content (AvgIpc) is 3.67. The summed E-state index contributed by atoms with van der Waals surface area (Å²) in [7, 11) is 0. The lowest BCUT2D eigenvalue weighted by molar-refractivity contribution is -0.145. The van der Waals surface area contributed by atoms with Crippen LogP contribution < -0.4 is 0 Å². The molecule has 0 radical (unpaired) electrons. The van der Waals surface area contributed by atoms with Crippen LogP contribution in [-0.4, -0.2) is 88.6 Å². The largest absolute Gasteiger partial charge is 0.480 e. The number of hydrogen-bond acceptors (Lipinski definition) is 8. The number of amides is 2. The van der Waals surface area contributed by atoms with Gasteiger partial charge in [0.15, 0.2) is 5.82 Å². The highest BCUT2D eigenvalue weighted by Gasteiger charge is 2.61. The normalized spacial score (nSPS) is 24.8. The lowest BCUT2D eigenvalue weighted by Gasteiger charge is -2.50. The third kappa shape index (κ3) is 4.92. The summed E-state index contributed by atoms with van der Waals surface area (Å²) in [4.78, 5) is 46.3. The van der Waals surface area contributed by atoms with Crippen molar-refractivity contribution in [2.75, 3.05) is 26.2 Å². The van der Waals surface area contributed by atoms with Gasteiger partial charge in [0.05, 0.1) is 23.4 Å². The molecule has 3 aromatic rings. The molecular formula is C30H38N8O5. The quantitative estimate of drug-likeness (QED) is 0.417. The molecule has 7 rings (SSSR count). The van der Waals surface area contributed by atoms with E-state index in [0.717, 1.165) is 12.1 Å². The van der Waals surface area contributed by atoms with Crippen LogP contribution in [0, 0.1) is 16.7 Å². The van der Waals surface area contributed by atoms with Gasteiger partial charge < -0.3 is 19.4 Å².